The number of aliphatic hydroxyl groups is 1. The highest BCUT2D eigenvalue weighted by atomic mass is 16.3. The standard InChI is InChI=1S/C25H21N5O3/c31-15-5-14-30-21-9-4-3-8-20(21)23(29-30)25(33)26-17-12-10-16(11-13-17)22-18-6-1-2-7-19(18)24(32)28-27-22/h1-4,6-13,19,31H,5,14-15H2,(H,26,33). The molecule has 33 heavy (non-hydrogen) atoms. The van der Waals surface area contributed by atoms with E-state index in [1.165, 1.54) is 0 Å². The van der Waals surface area contributed by atoms with Gasteiger partial charge in [-0.2, -0.15) is 5.10 Å². The van der Waals surface area contributed by atoms with Crippen LogP contribution in [-0.2, 0) is 11.3 Å². The van der Waals surface area contributed by atoms with Crippen LogP contribution < -0.4 is 5.32 Å². The van der Waals surface area contributed by atoms with E-state index in [4.69, 9.17) is 5.11 Å². The molecule has 0 saturated carbocycles. The van der Waals surface area contributed by atoms with E-state index in [0.29, 0.717) is 30.0 Å². The zero-order valence-electron chi connectivity index (χ0n) is 17.7. The van der Waals surface area contributed by atoms with E-state index in [2.05, 4.69) is 20.6 Å². The number of aliphatic hydroxyl groups excluding tert-OH is 1. The van der Waals surface area contributed by atoms with Gasteiger partial charge in [0.1, 0.15) is 0 Å². The van der Waals surface area contributed by atoms with E-state index < -0.39 is 5.92 Å². The number of nitrogens with one attached hydrogen (secondary N) is 1. The van der Waals surface area contributed by atoms with E-state index in [0.717, 1.165) is 22.0 Å². The summed E-state index contributed by atoms with van der Waals surface area (Å²) in [6.07, 6.45) is 7.95. The van der Waals surface area contributed by atoms with Gasteiger partial charge in [-0.25, -0.2) is 0 Å². The average molecular weight is 439 g/mol. The molecule has 164 valence electrons. The summed E-state index contributed by atoms with van der Waals surface area (Å²) in [5, 5.41) is 25.2. The quantitative estimate of drug-likeness (QED) is 0.602. The Kier molecular flexibility index (Phi) is 5.50. The van der Waals surface area contributed by atoms with E-state index in [9.17, 15) is 9.59 Å². The van der Waals surface area contributed by atoms with Crippen LogP contribution in [-0.4, -0.2) is 33.3 Å². The summed E-state index contributed by atoms with van der Waals surface area (Å²) in [6.45, 7) is 0.582. The maximum atomic E-state index is 13.0. The first-order chi connectivity index (χ1) is 16.2. The first-order valence-electron chi connectivity index (χ1n) is 10.7. The second-order valence-corrected chi connectivity index (χ2v) is 7.76. The predicted octanol–water partition coefficient (Wildman–Crippen LogP) is 4.12. The Bertz CT molecular complexity index is 1360. The van der Waals surface area contributed by atoms with Crippen molar-refractivity contribution in [1.82, 2.24) is 9.78 Å². The third-order valence-electron chi connectivity index (χ3n) is 5.63. The zero-order chi connectivity index (χ0) is 22.8. The summed E-state index contributed by atoms with van der Waals surface area (Å²) in [5.74, 6) is -0.993. The van der Waals surface area contributed by atoms with E-state index >= 15 is 0 Å². The minimum atomic E-state index is -0.406. The Hall–Kier alpha value is -4.17. The highest BCUT2D eigenvalue weighted by molar-refractivity contribution is 6.11. The lowest BCUT2D eigenvalue weighted by Crippen LogP contribution is -2.17. The van der Waals surface area contributed by atoms with Crippen LogP contribution in [0.3, 0.4) is 0 Å². The third-order valence-corrected chi connectivity index (χ3v) is 5.63. The molecule has 2 aromatic carbocycles. The number of fused-ring (bicyclic) bond motifs is 2. The van der Waals surface area contributed by atoms with Gasteiger partial charge in [0.25, 0.3) is 11.8 Å². The number of amides is 2. The molecular weight excluding hydrogens is 418 g/mol. The molecule has 2 heterocycles. The largest absolute Gasteiger partial charge is 0.396 e. The van der Waals surface area contributed by atoms with Gasteiger partial charge < -0.3 is 10.4 Å². The summed E-state index contributed by atoms with van der Waals surface area (Å²) in [5.41, 5.74) is 4.06. The van der Waals surface area contributed by atoms with Crippen molar-refractivity contribution in [2.24, 2.45) is 16.1 Å². The Labute approximate surface area is 189 Å². The smallest absolute Gasteiger partial charge is 0.276 e. The van der Waals surface area contributed by atoms with Crippen LogP contribution in [0.5, 0.6) is 0 Å². The number of nitrogens with zero attached hydrogens (tertiary/aromatic N) is 4. The molecule has 8 heteroatoms. The number of carbonyl (C=O) groups excluding carboxylic acids is 2. The molecule has 0 radical (unpaired) electrons. The maximum absolute atomic E-state index is 13.0. The summed E-state index contributed by atoms with van der Waals surface area (Å²) < 4.78 is 1.75. The fraction of sp³-hybridized carbons (Fsp3) is 0.160. The molecule has 0 spiro atoms. The average Bonchev–Trinajstić information content (AvgIpc) is 3.23. The molecule has 1 unspecified atom stereocenters. The van der Waals surface area contributed by atoms with Crippen LogP contribution in [0, 0.1) is 5.92 Å². The highest BCUT2D eigenvalue weighted by Gasteiger charge is 2.27. The number of aromatic nitrogens is 2. The monoisotopic (exact) mass is 439 g/mol. The van der Waals surface area contributed by atoms with Crippen molar-refractivity contribution in [2.45, 2.75) is 13.0 Å². The molecule has 5 rings (SSSR count). The van der Waals surface area contributed by atoms with Gasteiger partial charge in [-0.05, 0) is 30.2 Å². The molecule has 1 aromatic heterocycles. The lowest BCUT2D eigenvalue weighted by atomic mass is 9.89. The molecule has 1 aliphatic carbocycles. The fourth-order valence-electron chi connectivity index (χ4n) is 4.01. The predicted molar refractivity (Wildman–Crippen MR) is 124 cm³/mol. The van der Waals surface area contributed by atoms with Gasteiger partial charge >= 0.3 is 0 Å². The van der Waals surface area contributed by atoms with Gasteiger partial charge in [0.05, 0.1) is 17.1 Å². The Morgan fingerprint density at radius 1 is 1.06 bits per heavy atom. The molecule has 2 aliphatic rings. The number of benzene rings is 2. The molecule has 0 saturated heterocycles. The van der Waals surface area contributed by atoms with Crippen molar-refractivity contribution in [3.63, 3.8) is 0 Å². The Morgan fingerprint density at radius 2 is 1.88 bits per heavy atom. The maximum Gasteiger partial charge on any atom is 0.276 e. The number of azo groups is 1. The molecule has 1 aliphatic heterocycles. The van der Waals surface area contributed by atoms with Crippen LogP contribution >= 0.6 is 0 Å². The van der Waals surface area contributed by atoms with Crippen molar-refractivity contribution in [1.29, 1.82) is 0 Å². The van der Waals surface area contributed by atoms with Crippen molar-refractivity contribution in [3.8, 4) is 0 Å². The number of allylic oxidation sites excluding steroid dienone is 3. The SMILES string of the molecule is O=C(Nc1ccc(C2=C3C=CC=CC3C(=O)N=N2)cc1)c1nn(CCCO)c2ccccc12. The Morgan fingerprint density at radius 3 is 2.70 bits per heavy atom. The number of para-hydroxylation sites is 1. The lowest BCUT2D eigenvalue weighted by molar-refractivity contribution is -0.119. The van der Waals surface area contributed by atoms with Crippen molar-refractivity contribution in [3.05, 3.63) is 89.7 Å². The molecular formula is C25H21N5O3. The van der Waals surface area contributed by atoms with Gasteiger partial charge in [-0.15, -0.1) is 10.2 Å². The second-order valence-electron chi connectivity index (χ2n) is 7.76. The van der Waals surface area contributed by atoms with E-state index in [1.54, 1.807) is 16.8 Å². The molecule has 2 amide bonds. The number of hydrogen-bond donors (Lipinski definition) is 2. The summed E-state index contributed by atoms with van der Waals surface area (Å²) in [6, 6.07) is 14.8. The van der Waals surface area contributed by atoms with Crippen molar-refractivity contribution in [2.75, 3.05) is 11.9 Å². The normalized spacial score (nSPS) is 17.0. The van der Waals surface area contributed by atoms with Gasteiger partial charge in [-0.1, -0.05) is 54.6 Å². The topological polar surface area (TPSA) is 109 Å². The zero-order valence-corrected chi connectivity index (χ0v) is 17.7. The number of carbonyl (C=O) groups is 2. The third kappa shape index (κ3) is 3.92. The van der Waals surface area contributed by atoms with Crippen molar-refractivity contribution >= 4 is 34.1 Å². The van der Waals surface area contributed by atoms with Crippen LogP contribution in [0.4, 0.5) is 5.69 Å². The van der Waals surface area contributed by atoms with Gasteiger partial charge in [0.2, 0.25) is 0 Å². The minimum absolute atomic E-state index is 0.0563. The second kappa shape index (κ2) is 8.76. The van der Waals surface area contributed by atoms with Crippen LogP contribution in [0.15, 0.2) is 88.6 Å². The molecule has 0 fully saturated rings. The number of hydrogen-bond acceptors (Lipinski definition) is 5. The first kappa shape index (κ1) is 20.7. The van der Waals surface area contributed by atoms with Crippen LogP contribution in [0.1, 0.15) is 22.5 Å². The molecule has 3 aromatic rings. The summed E-state index contributed by atoms with van der Waals surface area (Å²) in [7, 11) is 0. The molecule has 2 N–H and O–H groups in total. The summed E-state index contributed by atoms with van der Waals surface area (Å²) >= 11 is 0. The molecule has 1 atom stereocenters. The summed E-state index contributed by atoms with van der Waals surface area (Å²) in [4.78, 5) is 25.0. The lowest BCUT2D eigenvalue weighted by Gasteiger charge is -2.19. The van der Waals surface area contributed by atoms with Crippen molar-refractivity contribution < 1.29 is 14.7 Å². The Balaban J connectivity index is 1.39. The number of aryl methyl sites for hydroxylation is 1. The van der Waals surface area contributed by atoms with E-state index in [1.807, 2.05) is 60.7 Å². The van der Waals surface area contributed by atoms with Crippen LogP contribution in [0.25, 0.3) is 16.6 Å². The first-order valence-corrected chi connectivity index (χ1v) is 10.7. The van der Waals surface area contributed by atoms with E-state index in [-0.39, 0.29) is 18.4 Å². The fourth-order valence-corrected chi connectivity index (χ4v) is 4.01. The number of anilines is 1. The van der Waals surface area contributed by atoms with Gasteiger partial charge in [0, 0.05) is 29.8 Å². The highest BCUT2D eigenvalue weighted by Crippen LogP contribution is 2.34. The van der Waals surface area contributed by atoms with Gasteiger partial charge in [-0.3, -0.25) is 14.3 Å². The van der Waals surface area contributed by atoms with Gasteiger partial charge in [0.15, 0.2) is 5.69 Å². The molecule has 0 bridgehead atoms. The molecule has 8 nitrogen and oxygen atoms in total. The van der Waals surface area contributed by atoms with Crippen LogP contribution in [0.2, 0.25) is 0 Å². The number of rotatable bonds is 6. The minimum Gasteiger partial charge on any atom is -0.396 e.